The van der Waals surface area contributed by atoms with E-state index in [1.54, 1.807) is 42.4 Å². The van der Waals surface area contributed by atoms with Gasteiger partial charge in [0.2, 0.25) is 5.91 Å². The van der Waals surface area contributed by atoms with Gasteiger partial charge in [-0.25, -0.2) is 0 Å². The van der Waals surface area contributed by atoms with Crippen LogP contribution in [-0.4, -0.2) is 77.9 Å². The molecule has 3 saturated heterocycles. The van der Waals surface area contributed by atoms with Gasteiger partial charge < -0.3 is 29.1 Å². The van der Waals surface area contributed by atoms with Crippen LogP contribution in [0.2, 0.25) is 0 Å². The smallest absolute Gasteiger partial charge is 0.313 e. The highest BCUT2D eigenvalue weighted by molar-refractivity contribution is 6.05. The molecule has 3 aliphatic heterocycles. The summed E-state index contributed by atoms with van der Waals surface area (Å²) >= 11 is 0. The third-order valence-corrected chi connectivity index (χ3v) is 8.89. The Balaban J connectivity index is 1.86. The topological polar surface area (TPSA) is 106 Å². The van der Waals surface area contributed by atoms with Gasteiger partial charge in [0.1, 0.15) is 29.9 Å². The van der Waals surface area contributed by atoms with E-state index in [1.165, 1.54) is 11.0 Å². The molecule has 4 rings (SSSR count). The zero-order valence-corrected chi connectivity index (χ0v) is 24.2. The van der Waals surface area contributed by atoms with Crippen LogP contribution in [0.4, 0.5) is 5.69 Å². The highest BCUT2D eigenvalue weighted by atomic mass is 16.6. The van der Waals surface area contributed by atoms with E-state index in [0.29, 0.717) is 24.3 Å². The van der Waals surface area contributed by atoms with Crippen molar-refractivity contribution in [1.82, 2.24) is 4.90 Å². The zero-order chi connectivity index (χ0) is 29.4. The lowest BCUT2D eigenvalue weighted by Gasteiger charge is -2.40. The second-order valence-electron chi connectivity index (χ2n) is 11.8. The first kappa shape index (κ1) is 29.8. The number of amides is 2. The lowest BCUT2D eigenvalue weighted by molar-refractivity contribution is -0.161. The van der Waals surface area contributed by atoms with Crippen molar-refractivity contribution >= 4 is 23.5 Å². The maximum Gasteiger partial charge on any atom is 0.313 e. The molecule has 0 aromatic heterocycles. The minimum Gasteiger partial charge on any atom is -0.497 e. The first-order valence-corrected chi connectivity index (χ1v) is 14.0. The first-order valence-electron chi connectivity index (χ1n) is 14.0. The Morgan fingerprint density at radius 2 is 1.93 bits per heavy atom. The lowest BCUT2D eigenvalue weighted by Crippen LogP contribution is -2.59. The Morgan fingerprint density at radius 1 is 1.25 bits per heavy atom. The molecular weight excluding hydrogens is 512 g/mol. The summed E-state index contributed by atoms with van der Waals surface area (Å²) in [6.45, 7) is 15.2. The molecule has 218 valence electrons. The number of nitrogens with zero attached hydrogens (tertiary/aromatic N) is 2. The van der Waals surface area contributed by atoms with Crippen LogP contribution in [0.1, 0.15) is 40.5 Å². The number of carbonyl (C=O) groups excluding carboxylic acids is 3. The van der Waals surface area contributed by atoms with E-state index in [2.05, 4.69) is 13.2 Å². The molecule has 3 heterocycles. The first-order chi connectivity index (χ1) is 19.0. The van der Waals surface area contributed by atoms with E-state index in [-0.39, 0.29) is 43.4 Å². The van der Waals surface area contributed by atoms with Gasteiger partial charge in [-0.05, 0) is 55.9 Å². The minimum absolute atomic E-state index is 0.0109. The summed E-state index contributed by atoms with van der Waals surface area (Å²) in [4.78, 5) is 45.6. The lowest BCUT2D eigenvalue weighted by atomic mass is 9.62. The van der Waals surface area contributed by atoms with E-state index in [4.69, 9.17) is 14.2 Å². The largest absolute Gasteiger partial charge is 0.497 e. The molecule has 0 radical (unpaired) electrons. The van der Waals surface area contributed by atoms with Gasteiger partial charge in [-0.3, -0.25) is 14.4 Å². The summed E-state index contributed by atoms with van der Waals surface area (Å²) in [6, 6.07) is 5.40. The van der Waals surface area contributed by atoms with Crippen molar-refractivity contribution in [2.45, 2.75) is 63.8 Å². The fraction of sp³-hybridized carbons (Fsp3) is 0.581. The number of methoxy groups -OCH3 is 1. The molecule has 1 aromatic carbocycles. The Labute approximate surface area is 236 Å². The second-order valence-corrected chi connectivity index (χ2v) is 11.8. The van der Waals surface area contributed by atoms with Crippen molar-refractivity contribution in [3.63, 3.8) is 0 Å². The standard InChI is InChI=1S/C31H42N2O7/c1-8-14-32(21-10-12-23(38-7)13-11-21)28(36)26-31-17-20(5)30(6,40-31)25(29(37)39-15-9-2)24(31)27(35)33(26)22(18-34)16-19(3)4/h8-13,19-20,22,24-26,34H,1-2,14-18H2,3-7H3/t20?,22-,24+,25-,26?,30+,31?/m1/s1. The second kappa shape index (κ2) is 11.4. The number of aliphatic hydroxyl groups is 1. The molecule has 40 heavy (non-hydrogen) atoms. The van der Waals surface area contributed by atoms with Crippen LogP contribution in [0.15, 0.2) is 49.6 Å². The molecule has 3 unspecified atom stereocenters. The van der Waals surface area contributed by atoms with Gasteiger partial charge in [0.15, 0.2) is 0 Å². The molecule has 2 amide bonds. The van der Waals surface area contributed by atoms with Crippen LogP contribution in [0.3, 0.4) is 0 Å². The fourth-order valence-corrected chi connectivity index (χ4v) is 7.12. The Morgan fingerprint density at radius 3 is 2.48 bits per heavy atom. The number of carbonyl (C=O) groups is 3. The Kier molecular flexibility index (Phi) is 8.47. The summed E-state index contributed by atoms with van der Waals surface area (Å²) in [5, 5.41) is 10.5. The summed E-state index contributed by atoms with van der Waals surface area (Å²) in [5.74, 6) is -2.39. The van der Waals surface area contributed by atoms with Gasteiger partial charge in [0.05, 0.1) is 31.3 Å². The van der Waals surface area contributed by atoms with E-state index < -0.39 is 41.1 Å². The van der Waals surface area contributed by atoms with Crippen LogP contribution in [0, 0.1) is 23.7 Å². The number of hydrogen-bond donors (Lipinski definition) is 1. The maximum atomic E-state index is 14.7. The molecule has 9 nitrogen and oxygen atoms in total. The van der Waals surface area contributed by atoms with Crippen molar-refractivity contribution in [2.24, 2.45) is 23.7 Å². The van der Waals surface area contributed by atoms with Crippen LogP contribution >= 0.6 is 0 Å². The van der Waals surface area contributed by atoms with Crippen LogP contribution < -0.4 is 9.64 Å². The van der Waals surface area contributed by atoms with Gasteiger partial charge >= 0.3 is 5.97 Å². The highest BCUT2D eigenvalue weighted by Gasteiger charge is 2.80. The summed E-state index contributed by atoms with van der Waals surface area (Å²) in [5.41, 5.74) is -1.63. The fourth-order valence-electron chi connectivity index (χ4n) is 7.12. The van der Waals surface area contributed by atoms with E-state index in [9.17, 15) is 19.5 Å². The summed E-state index contributed by atoms with van der Waals surface area (Å²) in [7, 11) is 1.57. The average Bonchev–Trinajstić information content (AvgIpc) is 3.45. The van der Waals surface area contributed by atoms with Crippen molar-refractivity contribution in [3.05, 3.63) is 49.6 Å². The molecule has 7 atom stereocenters. The Hall–Kier alpha value is -3.17. The van der Waals surface area contributed by atoms with Crippen molar-refractivity contribution in [1.29, 1.82) is 0 Å². The molecule has 1 spiro atoms. The van der Waals surface area contributed by atoms with E-state index >= 15 is 0 Å². The zero-order valence-electron chi connectivity index (χ0n) is 24.2. The monoisotopic (exact) mass is 554 g/mol. The maximum absolute atomic E-state index is 14.7. The van der Waals surface area contributed by atoms with Crippen LogP contribution in [0.25, 0.3) is 0 Å². The molecule has 1 aromatic rings. The number of aliphatic hydroxyl groups excluding tert-OH is 1. The average molecular weight is 555 g/mol. The SMILES string of the molecule is C=CCOC(=O)[C@H]1[C@H]2C(=O)N([C@@H](CO)CC(C)C)C(C(=O)N(CC=C)c3ccc(OC)cc3)C23CC(C)[C@]1(C)O3. The van der Waals surface area contributed by atoms with E-state index in [0.717, 1.165) is 0 Å². The predicted octanol–water partition coefficient (Wildman–Crippen LogP) is 3.36. The molecule has 3 fully saturated rings. The van der Waals surface area contributed by atoms with Gasteiger partial charge in [-0.15, -0.1) is 6.58 Å². The highest BCUT2D eigenvalue weighted by Crippen LogP contribution is 2.65. The third kappa shape index (κ3) is 4.63. The number of fused-ring (bicyclic) bond motifs is 1. The van der Waals surface area contributed by atoms with E-state index in [1.807, 2.05) is 27.7 Å². The van der Waals surface area contributed by atoms with Crippen LogP contribution in [0.5, 0.6) is 5.75 Å². The summed E-state index contributed by atoms with van der Waals surface area (Å²) < 4.78 is 17.5. The van der Waals surface area contributed by atoms with Gasteiger partial charge in [0.25, 0.3) is 5.91 Å². The molecular formula is C31H42N2O7. The molecule has 1 N–H and O–H groups in total. The molecule has 2 bridgehead atoms. The number of anilines is 1. The van der Waals surface area contributed by atoms with Gasteiger partial charge in [-0.1, -0.05) is 39.5 Å². The molecule has 0 aliphatic carbocycles. The molecule has 3 aliphatic rings. The summed E-state index contributed by atoms with van der Waals surface area (Å²) in [6.07, 6.45) is 4.01. The number of hydrogen-bond acceptors (Lipinski definition) is 7. The third-order valence-electron chi connectivity index (χ3n) is 8.89. The van der Waals surface area contributed by atoms with Crippen LogP contribution in [-0.2, 0) is 23.9 Å². The van der Waals surface area contributed by atoms with Crippen molar-refractivity contribution in [2.75, 3.05) is 31.8 Å². The minimum atomic E-state index is -1.25. The quantitative estimate of drug-likeness (QED) is 0.312. The van der Waals surface area contributed by atoms with Crippen molar-refractivity contribution < 1.29 is 33.7 Å². The number of benzene rings is 1. The Bertz CT molecular complexity index is 1150. The molecule has 0 saturated carbocycles. The van der Waals surface area contributed by atoms with Gasteiger partial charge in [-0.2, -0.15) is 0 Å². The normalized spacial score (nSPS) is 31.2. The number of ether oxygens (including phenoxy) is 3. The number of rotatable bonds is 12. The molecule has 9 heteroatoms. The van der Waals surface area contributed by atoms with Gasteiger partial charge in [0, 0.05) is 12.2 Å². The number of likely N-dealkylation sites (tertiary alicyclic amines) is 1. The number of esters is 1. The van der Waals surface area contributed by atoms with Crippen molar-refractivity contribution in [3.8, 4) is 5.75 Å². The predicted molar refractivity (Wildman–Crippen MR) is 151 cm³/mol.